The third-order valence-corrected chi connectivity index (χ3v) is 4.29. The molecule has 1 aromatic carbocycles. The second kappa shape index (κ2) is 8.11. The molecule has 1 aliphatic heterocycles. The summed E-state index contributed by atoms with van der Waals surface area (Å²) in [6, 6.07) is 5.87. The van der Waals surface area contributed by atoms with Crippen LogP contribution in [0.25, 0.3) is 0 Å². The maximum absolute atomic E-state index is 12.7. The Morgan fingerprint density at radius 2 is 1.93 bits per heavy atom. The summed E-state index contributed by atoms with van der Waals surface area (Å²) in [5.74, 6) is -2.85. The predicted octanol–water partition coefficient (Wildman–Crippen LogP) is 3.17. The lowest BCUT2D eigenvalue weighted by Gasteiger charge is -2.31. The van der Waals surface area contributed by atoms with Gasteiger partial charge in [0.15, 0.2) is 0 Å². The molecule has 0 saturated heterocycles. The molecule has 1 aromatic rings. The fraction of sp³-hybridized carbons (Fsp3) is 0.421. The van der Waals surface area contributed by atoms with Gasteiger partial charge in [-0.1, -0.05) is 12.1 Å². The minimum Gasteiger partial charge on any atom is -0.468 e. The van der Waals surface area contributed by atoms with E-state index in [9.17, 15) is 19.7 Å². The van der Waals surface area contributed by atoms with Gasteiger partial charge in [0.2, 0.25) is 0 Å². The highest BCUT2D eigenvalue weighted by Crippen LogP contribution is 2.41. The van der Waals surface area contributed by atoms with E-state index in [-0.39, 0.29) is 17.4 Å². The number of esters is 2. The zero-order valence-electron chi connectivity index (χ0n) is 15.9. The number of nitrogens with zero attached hydrogens (tertiary/aromatic N) is 2. The summed E-state index contributed by atoms with van der Waals surface area (Å²) >= 11 is 0. The highest BCUT2D eigenvalue weighted by molar-refractivity contribution is 6.07. The van der Waals surface area contributed by atoms with Gasteiger partial charge in [-0.25, -0.2) is 4.79 Å². The third kappa shape index (κ3) is 4.21. The zero-order valence-corrected chi connectivity index (χ0v) is 15.9. The van der Waals surface area contributed by atoms with Gasteiger partial charge in [-0.3, -0.25) is 19.9 Å². The van der Waals surface area contributed by atoms with Gasteiger partial charge in [0.1, 0.15) is 5.92 Å². The van der Waals surface area contributed by atoms with E-state index in [1.54, 1.807) is 33.8 Å². The highest BCUT2D eigenvalue weighted by atomic mass is 16.6. The van der Waals surface area contributed by atoms with Crippen molar-refractivity contribution in [3.05, 3.63) is 51.2 Å². The molecule has 144 valence electrons. The van der Waals surface area contributed by atoms with Crippen LogP contribution < -0.4 is 0 Å². The Bertz CT molecular complexity index is 840. The van der Waals surface area contributed by atoms with Crippen molar-refractivity contribution in [1.29, 1.82) is 0 Å². The summed E-state index contributed by atoms with van der Waals surface area (Å²) in [6.07, 6.45) is -0.368. The van der Waals surface area contributed by atoms with E-state index in [1.807, 2.05) is 0 Å². The molecule has 0 fully saturated rings. The first-order valence-electron chi connectivity index (χ1n) is 8.46. The van der Waals surface area contributed by atoms with Crippen molar-refractivity contribution in [2.75, 3.05) is 7.11 Å². The molecule has 0 N–H and O–H groups in total. The number of non-ortho nitro benzene ring substituents is 1. The van der Waals surface area contributed by atoms with Crippen molar-refractivity contribution in [1.82, 2.24) is 0 Å². The van der Waals surface area contributed by atoms with Crippen molar-refractivity contribution in [3.8, 4) is 0 Å². The van der Waals surface area contributed by atoms with Crippen LogP contribution in [0.5, 0.6) is 0 Å². The number of ether oxygens (including phenoxy) is 2. The molecule has 1 heterocycles. The largest absolute Gasteiger partial charge is 0.468 e. The number of nitro benzene ring substituents is 1. The van der Waals surface area contributed by atoms with E-state index in [0.717, 1.165) is 0 Å². The lowest BCUT2D eigenvalue weighted by molar-refractivity contribution is -0.384. The molecule has 0 radical (unpaired) electrons. The molecular formula is C19H22N2O6. The Labute approximate surface area is 157 Å². The van der Waals surface area contributed by atoms with Crippen molar-refractivity contribution < 1.29 is 24.0 Å². The molecule has 27 heavy (non-hydrogen) atoms. The molecule has 0 amide bonds. The van der Waals surface area contributed by atoms with Crippen LogP contribution in [-0.4, -0.2) is 35.8 Å². The Hall–Kier alpha value is -3.03. The van der Waals surface area contributed by atoms with E-state index in [0.29, 0.717) is 17.0 Å². The van der Waals surface area contributed by atoms with Gasteiger partial charge < -0.3 is 9.47 Å². The Morgan fingerprint density at radius 3 is 2.48 bits per heavy atom. The first kappa shape index (κ1) is 20.3. The highest BCUT2D eigenvalue weighted by Gasteiger charge is 2.42. The predicted molar refractivity (Wildman–Crippen MR) is 98.4 cm³/mol. The number of allylic oxidation sites excluding steroid dienone is 1. The molecule has 8 nitrogen and oxygen atoms in total. The number of methoxy groups -OCH3 is 1. The first-order valence-corrected chi connectivity index (χ1v) is 8.46. The van der Waals surface area contributed by atoms with Crippen LogP contribution in [0.2, 0.25) is 0 Å². The number of hydrogen-bond acceptors (Lipinski definition) is 7. The van der Waals surface area contributed by atoms with Gasteiger partial charge >= 0.3 is 11.9 Å². The summed E-state index contributed by atoms with van der Waals surface area (Å²) in [5.41, 5.74) is 1.39. The SMILES string of the molecule is COC(=O)C1C(C)=NC(C)=C(C(=O)OC(C)C)C1c1cccc([N+](=O)[O-])c1. The number of nitro groups is 1. The number of aliphatic imine (C=N–C) groups is 1. The summed E-state index contributed by atoms with van der Waals surface area (Å²) in [6.45, 7) is 6.74. The van der Waals surface area contributed by atoms with Crippen LogP contribution in [0.3, 0.4) is 0 Å². The number of rotatable bonds is 5. The molecule has 0 spiro atoms. The topological polar surface area (TPSA) is 108 Å². The van der Waals surface area contributed by atoms with Crippen LogP contribution in [-0.2, 0) is 19.1 Å². The van der Waals surface area contributed by atoms with Crippen molar-refractivity contribution >= 4 is 23.3 Å². The maximum atomic E-state index is 12.7. The van der Waals surface area contributed by atoms with Gasteiger partial charge in [0.05, 0.1) is 23.7 Å². The van der Waals surface area contributed by atoms with E-state index in [1.165, 1.54) is 25.3 Å². The molecular weight excluding hydrogens is 352 g/mol. The molecule has 2 rings (SSSR count). The smallest absolute Gasteiger partial charge is 0.336 e. The molecule has 0 aliphatic carbocycles. The second-order valence-electron chi connectivity index (χ2n) is 6.54. The normalized spacial score (nSPS) is 19.6. The fourth-order valence-corrected chi connectivity index (χ4v) is 3.20. The van der Waals surface area contributed by atoms with Gasteiger partial charge in [-0.05, 0) is 33.3 Å². The molecule has 8 heteroatoms. The third-order valence-electron chi connectivity index (χ3n) is 4.29. The lowest BCUT2D eigenvalue weighted by atomic mass is 9.75. The summed E-state index contributed by atoms with van der Waals surface area (Å²) in [4.78, 5) is 40.2. The summed E-state index contributed by atoms with van der Waals surface area (Å²) in [5, 5.41) is 11.2. The number of hydrogen-bond donors (Lipinski definition) is 0. The molecule has 0 saturated carbocycles. The zero-order chi connectivity index (χ0) is 20.3. The van der Waals surface area contributed by atoms with Crippen LogP contribution in [0, 0.1) is 16.0 Å². The molecule has 2 atom stereocenters. The standard InChI is InChI=1S/C19H22N2O6/c1-10(2)27-19(23)16-12(4)20-11(3)15(18(22)26-5)17(16)13-7-6-8-14(9-13)21(24)25/h6-10,15,17H,1-5H3. The van der Waals surface area contributed by atoms with Crippen LogP contribution in [0.1, 0.15) is 39.2 Å². The second-order valence-corrected chi connectivity index (χ2v) is 6.54. The Kier molecular flexibility index (Phi) is 6.09. The van der Waals surface area contributed by atoms with Crippen molar-refractivity contribution in [3.63, 3.8) is 0 Å². The van der Waals surface area contributed by atoms with Crippen LogP contribution in [0.15, 0.2) is 40.5 Å². The maximum Gasteiger partial charge on any atom is 0.336 e. The molecule has 0 aromatic heterocycles. The quantitative estimate of drug-likeness (QED) is 0.445. The van der Waals surface area contributed by atoms with E-state index >= 15 is 0 Å². The number of carbonyl (C=O) groups is 2. The van der Waals surface area contributed by atoms with Crippen molar-refractivity contribution in [2.24, 2.45) is 10.9 Å². The van der Waals surface area contributed by atoms with Gasteiger partial charge in [-0.15, -0.1) is 0 Å². The minimum atomic E-state index is -0.879. The number of benzene rings is 1. The van der Waals surface area contributed by atoms with Gasteiger partial charge in [0, 0.05) is 29.5 Å². The average Bonchev–Trinajstić information content (AvgIpc) is 2.59. The molecule has 0 bridgehead atoms. The fourth-order valence-electron chi connectivity index (χ4n) is 3.20. The van der Waals surface area contributed by atoms with Gasteiger partial charge in [0.25, 0.3) is 5.69 Å². The van der Waals surface area contributed by atoms with E-state index in [2.05, 4.69) is 4.99 Å². The average molecular weight is 374 g/mol. The van der Waals surface area contributed by atoms with Crippen molar-refractivity contribution in [2.45, 2.75) is 39.7 Å². The Morgan fingerprint density at radius 1 is 1.26 bits per heavy atom. The number of carbonyl (C=O) groups excluding carboxylic acids is 2. The van der Waals surface area contributed by atoms with Crippen LogP contribution in [0.4, 0.5) is 5.69 Å². The van der Waals surface area contributed by atoms with E-state index < -0.39 is 28.7 Å². The molecule has 1 aliphatic rings. The van der Waals surface area contributed by atoms with E-state index in [4.69, 9.17) is 9.47 Å². The monoisotopic (exact) mass is 374 g/mol. The lowest BCUT2D eigenvalue weighted by Crippen LogP contribution is -2.36. The minimum absolute atomic E-state index is 0.134. The first-order chi connectivity index (χ1) is 12.7. The van der Waals surface area contributed by atoms with Crippen LogP contribution >= 0.6 is 0 Å². The molecule has 2 unspecified atom stereocenters. The summed E-state index contributed by atoms with van der Waals surface area (Å²) in [7, 11) is 1.25. The Balaban J connectivity index is 2.68. The summed E-state index contributed by atoms with van der Waals surface area (Å²) < 4.78 is 10.2. The van der Waals surface area contributed by atoms with Gasteiger partial charge in [-0.2, -0.15) is 0 Å².